The molecule has 0 saturated heterocycles. The number of aromatic carboxylic acids is 1. The average Bonchev–Trinajstić information content (AvgIpc) is 2.76. The summed E-state index contributed by atoms with van der Waals surface area (Å²) in [7, 11) is 0. The van der Waals surface area contributed by atoms with Crippen molar-refractivity contribution < 1.29 is 14.3 Å². The average molecular weight is 251 g/mol. The van der Waals surface area contributed by atoms with Crippen LogP contribution in [0.15, 0.2) is 35.7 Å². The zero-order valence-corrected chi connectivity index (χ0v) is 9.63. The van der Waals surface area contributed by atoms with E-state index in [1.54, 1.807) is 23.6 Å². The van der Waals surface area contributed by atoms with Gasteiger partial charge in [-0.05, 0) is 41.3 Å². The van der Waals surface area contributed by atoms with Gasteiger partial charge < -0.3 is 10.4 Å². The number of hydrogen-bond acceptors (Lipinski definition) is 3. The van der Waals surface area contributed by atoms with Crippen molar-refractivity contribution in [1.29, 1.82) is 0 Å². The predicted molar refractivity (Wildman–Crippen MR) is 65.0 cm³/mol. The lowest BCUT2D eigenvalue weighted by Crippen LogP contribution is -2.03. The second-order valence-electron chi connectivity index (χ2n) is 3.44. The molecule has 17 heavy (non-hydrogen) atoms. The summed E-state index contributed by atoms with van der Waals surface area (Å²) < 4.78 is 12.7. The Balaban J connectivity index is 2.05. The van der Waals surface area contributed by atoms with Crippen molar-refractivity contribution in [3.63, 3.8) is 0 Å². The lowest BCUT2D eigenvalue weighted by Gasteiger charge is -2.05. The number of nitrogens with one attached hydrogen (secondary N) is 1. The molecular weight excluding hydrogens is 241 g/mol. The van der Waals surface area contributed by atoms with E-state index in [0.717, 1.165) is 11.3 Å². The largest absolute Gasteiger partial charge is 0.477 e. The minimum absolute atomic E-state index is 0.294. The van der Waals surface area contributed by atoms with E-state index in [-0.39, 0.29) is 5.82 Å². The molecule has 0 saturated carbocycles. The summed E-state index contributed by atoms with van der Waals surface area (Å²) in [6, 6.07) is 7.71. The van der Waals surface area contributed by atoms with Crippen LogP contribution in [0.2, 0.25) is 0 Å². The number of carboxylic acids is 1. The molecular formula is C12H10FNO2S. The van der Waals surface area contributed by atoms with Gasteiger partial charge in [-0.2, -0.15) is 0 Å². The maximum absolute atomic E-state index is 12.7. The van der Waals surface area contributed by atoms with Crippen molar-refractivity contribution in [1.82, 2.24) is 0 Å². The van der Waals surface area contributed by atoms with Gasteiger partial charge in [0.05, 0.1) is 0 Å². The van der Waals surface area contributed by atoms with E-state index in [1.807, 2.05) is 0 Å². The quantitative estimate of drug-likeness (QED) is 0.877. The molecule has 0 radical (unpaired) electrons. The van der Waals surface area contributed by atoms with Crippen molar-refractivity contribution in [3.05, 3.63) is 52.0 Å². The maximum atomic E-state index is 12.7. The predicted octanol–water partition coefficient (Wildman–Crippen LogP) is 3.20. The topological polar surface area (TPSA) is 49.3 Å². The summed E-state index contributed by atoms with van der Waals surface area (Å²) in [5, 5.41) is 13.7. The fourth-order valence-corrected chi connectivity index (χ4v) is 2.19. The fraction of sp³-hybridized carbons (Fsp3) is 0.0833. The number of halogens is 1. The zero-order chi connectivity index (χ0) is 12.3. The molecule has 0 spiro atoms. The van der Waals surface area contributed by atoms with Gasteiger partial charge in [0, 0.05) is 12.2 Å². The van der Waals surface area contributed by atoms with Gasteiger partial charge in [0.1, 0.15) is 10.7 Å². The second-order valence-corrected chi connectivity index (χ2v) is 4.36. The summed E-state index contributed by atoms with van der Waals surface area (Å²) in [5.74, 6) is -1.21. The van der Waals surface area contributed by atoms with Crippen LogP contribution in [0.1, 0.15) is 15.2 Å². The molecule has 0 atom stereocenters. The van der Waals surface area contributed by atoms with E-state index in [1.165, 1.54) is 23.5 Å². The monoisotopic (exact) mass is 251 g/mol. The summed E-state index contributed by atoms with van der Waals surface area (Å²) >= 11 is 1.20. The molecule has 2 rings (SSSR count). The Morgan fingerprint density at radius 3 is 2.65 bits per heavy atom. The van der Waals surface area contributed by atoms with E-state index >= 15 is 0 Å². The van der Waals surface area contributed by atoms with Gasteiger partial charge >= 0.3 is 5.97 Å². The van der Waals surface area contributed by atoms with Crippen LogP contribution in [0.5, 0.6) is 0 Å². The van der Waals surface area contributed by atoms with Crippen molar-refractivity contribution in [2.45, 2.75) is 6.54 Å². The Hall–Kier alpha value is -1.88. The molecule has 0 unspecified atom stereocenters. The zero-order valence-electron chi connectivity index (χ0n) is 8.81. The van der Waals surface area contributed by atoms with Crippen LogP contribution in [0, 0.1) is 5.82 Å². The van der Waals surface area contributed by atoms with Gasteiger partial charge in [-0.15, -0.1) is 11.3 Å². The molecule has 1 aromatic carbocycles. The molecule has 0 aliphatic carbocycles. The summed E-state index contributed by atoms with van der Waals surface area (Å²) in [6.45, 7) is 0.413. The Morgan fingerprint density at radius 2 is 2.00 bits per heavy atom. The van der Waals surface area contributed by atoms with Crippen LogP contribution in [-0.2, 0) is 6.54 Å². The minimum atomic E-state index is -0.920. The Labute approximate surface area is 102 Å². The summed E-state index contributed by atoms with van der Waals surface area (Å²) in [6.07, 6.45) is 0. The first kappa shape index (κ1) is 11.6. The van der Waals surface area contributed by atoms with Crippen molar-refractivity contribution in [2.75, 3.05) is 5.32 Å². The molecule has 0 aliphatic heterocycles. The number of anilines is 1. The molecule has 5 heteroatoms. The fourth-order valence-electron chi connectivity index (χ4n) is 1.43. The standard InChI is InChI=1S/C12H10FNO2S/c13-9-1-3-10(4-2-9)14-7-8-5-6-17-11(8)12(15)16/h1-6,14H,7H2,(H,15,16). The Kier molecular flexibility index (Phi) is 3.39. The highest BCUT2D eigenvalue weighted by atomic mass is 32.1. The third kappa shape index (κ3) is 2.82. The van der Waals surface area contributed by atoms with Crippen LogP contribution in [-0.4, -0.2) is 11.1 Å². The molecule has 2 aromatic rings. The number of thiophene rings is 1. The molecule has 1 aromatic heterocycles. The first-order valence-electron chi connectivity index (χ1n) is 4.96. The summed E-state index contributed by atoms with van der Waals surface area (Å²) in [5.41, 5.74) is 1.49. The van der Waals surface area contributed by atoms with Gasteiger partial charge in [0.25, 0.3) is 0 Å². The highest BCUT2D eigenvalue weighted by Crippen LogP contribution is 2.18. The maximum Gasteiger partial charge on any atom is 0.346 e. The number of hydrogen-bond donors (Lipinski definition) is 2. The van der Waals surface area contributed by atoms with Gasteiger partial charge in [-0.3, -0.25) is 0 Å². The highest BCUT2D eigenvalue weighted by Gasteiger charge is 2.10. The smallest absolute Gasteiger partial charge is 0.346 e. The van der Waals surface area contributed by atoms with Crippen LogP contribution in [0.25, 0.3) is 0 Å². The van der Waals surface area contributed by atoms with Crippen LogP contribution < -0.4 is 5.32 Å². The second kappa shape index (κ2) is 4.97. The Morgan fingerprint density at radius 1 is 1.29 bits per heavy atom. The number of carboxylic acid groups (broad SMARTS) is 1. The number of rotatable bonds is 4. The first-order chi connectivity index (χ1) is 8.16. The molecule has 88 valence electrons. The van der Waals surface area contributed by atoms with Crippen molar-refractivity contribution in [3.8, 4) is 0 Å². The van der Waals surface area contributed by atoms with E-state index in [4.69, 9.17) is 5.11 Å². The number of benzene rings is 1. The molecule has 0 fully saturated rings. The molecule has 1 heterocycles. The SMILES string of the molecule is O=C(O)c1sccc1CNc1ccc(F)cc1. The lowest BCUT2D eigenvalue weighted by atomic mass is 10.2. The molecule has 0 bridgehead atoms. The van der Waals surface area contributed by atoms with E-state index in [9.17, 15) is 9.18 Å². The van der Waals surface area contributed by atoms with Gasteiger partial charge in [-0.1, -0.05) is 0 Å². The van der Waals surface area contributed by atoms with Gasteiger partial charge in [-0.25, -0.2) is 9.18 Å². The normalized spacial score (nSPS) is 10.2. The number of carbonyl (C=O) groups is 1. The van der Waals surface area contributed by atoms with Crippen molar-refractivity contribution in [2.24, 2.45) is 0 Å². The first-order valence-corrected chi connectivity index (χ1v) is 5.84. The van der Waals surface area contributed by atoms with Crippen LogP contribution in [0.4, 0.5) is 10.1 Å². The third-order valence-electron chi connectivity index (χ3n) is 2.27. The Bertz CT molecular complexity index is 522. The molecule has 3 nitrogen and oxygen atoms in total. The molecule has 2 N–H and O–H groups in total. The van der Waals surface area contributed by atoms with Crippen molar-refractivity contribution >= 4 is 23.0 Å². The summed E-state index contributed by atoms with van der Waals surface area (Å²) in [4.78, 5) is 11.2. The van der Waals surface area contributed by atoms with Gasteiger partial charge in [0.15, 0.2) is 0 Å². The minimum Gasteiger partial charge on any atom is -0.477 e. The third-order valence-corrected chi connectivity index (χ3v) is 3.21. The van der Waals surface area contributed by atoms with Gasteiger partial charge in [0.2, 0.25) is 0 Å². The molecule has 0 aliphatic rings. The van der Waals surface area contributed by atoms with Crippen LogP contribution in [0.3, 0.4) is 0 Å². The molecule has 0 amide bonds. The van der Waals surface area contributed by atoms with E-state index < -0.39 is 5.97 Å². The lowest BCUT2D eigenvalue weighted by molar-refractivity contribution is 0.0701. The van der Waals surface area contributed by atoms with Crippen LogP contribution >= 0.6 is 11.3 Å². The van der Waals surface area contributed by atoms with E-state index in [0.29, 0.717) is 11.4 Å². The highest BCUT2D eigenvalue weighted by molar-refractivity contribution is 7.12. The van der Waals surface area contributed by atoms with E-state index in [2.05, 4.69) is 5.32 Å².